The Bertz CT molecular complexity index is 388. The lowest BCUT2D eigenvalue weighted by molar-refractivity contribution is -0.128. The summed E-state index contributed by atoms with van der Waals surface area (Å²) in [5.74, 6) is 0.283. The standard InChI is InChI=1S/C12H15NO3/c1-13-7-10(14)11(12(13)15)8-3-5-9(16-2)6-4-8/h3-6,10-11,14H,7H2,1-2H3. The summed E-state index contributed by atoms with van der Waals surface area (Å²) in [5, 5.41) is 9.82. The molecule has 0 bridgehead atoms. The highest BCUT2D eigenvalue weighted by Crippen LogP contribution is 2.29. The third kappa shape index (κ3) is 1.76. The molecule has 2 atom stereocenters. The molecule has 1 aliphatic rings. The molecule has 0 aliphatic carbocycles. The van der Waals surface area contributed by atoms with Crippen LogP contribution in [-0.4, -0.2) is 42.7 Å². The van der Waals surface area contributed by atoms with E-state index in [2.05, 4.69) is 0 Å². The molecule has 1 aromatic rings. The molecule has 0 spiro atoms. The topological polar surface area (TPSA) is 49.8 Å². The van der Waals surface area contributed by atoms with Crippen LogP contribution in [0.1, 0.15) is 11.5 Å². The van der Waals surface area contributed by atoms with Gasteiger partial charge in [-0.3, -0.25) is 4.79 Å². The smallest absolute Gasteiger partial charge is 0.232 e. The summed E-state index contributed by atoms with van der Waals surface area (Å²) in [4.78, 5) is 13.4. The first kappa shape index (κ1) is 11.0. The minimum absolute atomic E-state index is 0.0299. The Hall–Kier alpha value is -1.55. The van der Waals surface area contributed by atoms with Crippen LogP contribution in [0, 0.1) is 0 Å². The number of hydrogen-bond acceptors (Lipinski definition) is 3. The molecule has 1 fully saturated rings. The lowest BCUT2D eigenvalue weighted by Crippen LogP contribution is -2.21. The zero-order valence-electron chi connectivity index (χ0n) is 9.38. The number of nitrogens with zero attached hydrogens (tertiary/aromatic N) is 1. The molecule has 1 amide bonds. The normalized spacial score (nSPS) is 24.9. The van der Waals surface area contributed by atoms with Crippen LogP contribution in [-0.2, 0) is 4.79 Å². The van der Waals surface area contributed by atoms with Gasteiger partial charge in [-0.1, -0.05) is 12.1 Å². The molecule has 1 heterocycles. The fourth-order valence-corrected chi connectivity index (χ4v) is 2.05. The molecular weight excluding hydrogens is 206 g/mol. The molecule has 4 heteroatoms. The van der Waals surface area contributed by atoms with Crippen molar-refractivity contribution in [1.29, 1.82) is 0 Å². The highest BCUT2D eigenvalue weighted by molar-refractivity contribution is 5.86. The first-order chi connectivity index (χ1) is 7.63. The van der Waals surface area contributed by atoms with Gasteiger partial charge >= 0.3 is 0 Å². The van der Waals surface area contributed by atoms with Gasteiger partial charge in [0.15, 0.2) is 0 Å². The fraction of sp³-hybridized carbons (Fsp3) is 0.417. The molecule has 1 saturated heterocycles. The zero-order chi connectivity index (χ0) is 11.7. The van der Waals surface area contributed by atoms with Crippen molar-refractivity contribution in [3.8, 4) is 5.75 Å². The first-order valence-electron chi connectivity index (χ1n) is 5.20. The average Bonchev–Trinajstić information content (AvgIpc) is 2.54. The van der Waals surface area contributed by atoms with Gasteiger partial charge in [0.05, 0.1) is 19.1 Å². The molecule has 0 aromatic heterocycles. The van der Waals surface area contributed by atoms with Crippen LogP contribution in [0.2, 0.25) is 0 Å². The van der Waals surface area contributed by atoms with Crippen molar-refractivity contribution in [3.63, 3.8) is 0 Å². The molecule has 2 rings (SSSR count). The second-order valence-electron chi connectivity index (χ2n) is 4.04. The molecule has 1 aliphatic heterocycles. The summed E-state index contributed by atoms with van der Waals surface area (Å²) in [6, 6.07) is 7.24. The lowest BCUT2D eigenvalue weighted by Gasteiger charge is -2.12. The van der Waals surface area contributed by atoms with Crippen LogP contribution in [0.3, 0.4) is 0 Å². The number of amides is 1. The molecule has 1 aromatic carbocycles. The van der Waals surface area contributed by atoms with Gasteiger partial charge in [-0.05, 0) is 17.7 Å². The second kappa shape index (κ2) is 4.14. The molecule has 0 radical (unpaired) electrons. The summed E-state index contributed by atoms with van der Waals surface area (Å²) in [5.41, 5.74) is 0.836. The van der Waals surface area contributed by atoms with Crippen molar-refractivity contribution >= 4 is 5.91 Å². The number of aliphatic hydroxyl groups excluding tert-OH is 1. The van der Waals surface area contributed by atoms with Crippen molar-refractivity contribution in [2.75, 3.05) is 20.7 Å². The van der Waals surface area contributed by atoms with E-state index in [1.165, 1.54) is 0 Å². The summed E-state index contributed by atoms with van der Waals surface area (Å²) in [6.07, 6.45) is -0.620. The van der Waals surface area contributed by atoms with E-state index in [4.69, 9.17) is 4.74 Å². The van der Waals surface area contributed by atoms with Gasteiger partial charge in [0.1, 0.15) is 5.75 Å². The van der Waals surface area contributed by atoms with Crippen LogP contribution in [0.4, 0.5) is 0 Å². The number of likely N-dealkylation sites (N-methyl/N-ethyl adjacent to an activating group) is 1. The van der Waals surface area contributed by atoms with Crippen LogP contribution in [0.15, 0.2) is 24.3 Å². The SMILES string of the molecule is COc1ccc(C2C(=O)N(C)CC2O)cc1. The van der Waals surface area contributed by atoms with Crippen molar-refractivity contribution in [2.45, 2.75) is 12.0 Å². The molecular formula is C12H15NO3. The van der Waals surface area contributed by atoms with E-state index in [-0.39, 0.29) is 5.91 Å². The maximum atomic E-state index is 11.8. The maximum Gasteiger partial charge on any atom is 0.232 e. The molecule has 86 valence electrons. The fourth-order valence-electron chi connectivity index (χ4n) is 2.05. The quantitative estimate of drug-likeness (QED) is 0.796. The summed E-state index contributed by atoms with van der Waals surface area (Å²) in [6.45, 7) is 0.398. The number of aliphatic hydroxyl groups is 1. The van der Waals surface area contributed by atoms with Crippen LogP contribution < -0.4 is 4.74 Å². The molecule has 16 heavy (non-hydrogen) atoms. The van der Waals surface area contributed by atoms with Gasteiger partial charge in [0, 0.05) is 13.6 Å². The Kier molecular flexibility index (Phi) is 2.83. The van der Waals surface area contributed by atoms with E-state index in [1.807, 2.05) is 12.1 Å². The van der Waals surface area contributed by atoms with E-state index >= 15 is 0 Å². The summed E-state index contributed by atoms with van der Waals surface area (Å²) < 4.78 is 5.05. The Morgan fingerprint density at radius 3 is 2.44 bits per heavy atom. The van der Waals surface area contributed by atoms with Crippen molar-refractivity contribution in [3.05, 3.63) is 29.8 Å². The van der Waals surface area contributed by atoms with Crippen LogP contribution >= 0.6 is 0 Å². The predicted octanol–water partition coefficient (Wildman–Crippen LogP) is 0.612. The number of methoxy groups -OCH3 is 1. The number of carbonyl (C=O) groups excluding carboxylic acids is 1. The van der Waals surface area contributed by atoms with E-state index in [0.717, 1.165) is 11.3 Å². The van der Waals surface area contributed by atoms with Gasteiger partial charge in [0.25, 0.3) is 0 Å². The van der Waals surface area contributed by atoms with Gasteiger partial charge < -0.3 is 14.7 Å². The van der Waals surface area contributed by atoms with E-state index in [9.17, 15) is 9.90 Å². The molecule has 0 saturated carbocycles. The third-order valence-electron chi connectivity index (χ3n) is 2.96. The number of rotatable bonds is 2. The number of β-amino-alcohol motifs (C(OH)–C–C–N with tert-alkyl or cyclic N) is 1. The van der Waals surface area contributed by atoms with Crippen molar-refractivity contribution in [1.82, 2.24) is 4.90 Å². The molecule has 1 N–H and O–H groups in total. The third-order valence-corrected chi connectivity index (χ3v) is 2.96. The lowest BCUT2D eigenvalue weighted by atomic mass is 9.95. The number of likely N-dealkylation sites (tertiary alicyclic amines) is 1. The number of ether oxygens (including phenoxy) is 1. The Labute approximate surface area is 94.4 Å². The highest BCUT2D eigenvalue weighted by atomic mass is 16.5. The molecule has 4 nitrogen and oxygen atoms in total. The Balaban J connectivity index is 2.26. The Morgan fingerprint density at radius 2 is 2.00 bits per heavy atom. The molecule has 2 unspecified atom stereocenters. The van der Waals surface area contributed by atoms with E-state index < -0.39 is 12.0 Å². The van der Waals surface area contributed by atoms with Crippen molar-refractivity contribution in [2.24, 2.45) is 0 Å². The first-order valence-corrected chi connectivity index (χ1v) is 5.20. The van der Waals surface area contributed by atoms with Gasteiger partial charge in [-0.15, -0.1) is 0 Å². The minimum atomic E-state index is -0.620. The van der Waals surface area contributed by atoms with Gasteiger partial charge in [0.2, 0.25) is 5.91 Å². The largest absolute Gasteiger partial charge is 0.497 e. The number of hydrogen-bond donors (Lipinski definition) is 1. The Morgan fingerprint density at radius 1 is 1.38 bits per heavy atom. The number of benzene rings is 1. The second-order valence-corrected chi connectivity index (χ2v) is 4.04. The van der Waals surface area contributed by atoms with Gasteiger partial charge in [-0.2, -0.15) is 0 Å². The monoisotopic (exact) mass is 221 g/mol. The minimum Gasteiger partial charge on any atom is -0.497 e. The van der Waals surface area contributed by atoms with Gasteiger partial charge in [-0.25, -0.2) is 0 Å². The average molecular weight is 221 g/mol. The maximum absolute atomic E-state index is 11.8. The van der Waals surface area contributed by atoms with Crippen LogP contribution in [0.5, 0.6) is 5.75 Å². The predicted molar refractivity (Wildman–Crippen MR) is 59.4 cm³/mol. The highest BCUT2D eigenvalue weighted by Gasteiger charge is 2.38. The zero-order valence-corrected chi connectivity index (χ0v) is 9.38. The summed E-state index contributed by atoms with van der Waals surface area (Å²) in [7, 11) is 3.30. The number of carbonyl (C=O) groups is 1. The van der Waals surface area contributed by atoms with Crippen LogP contribution in [0.25, 0.3) is 0 Å². The summed E-state index contributed by atoms with van der Waals surface area (Å²) >= 11 is 0. The van der Waals surface area contributed by atoms with Crippen molar-refractivity contribution < 1.29 is 14.6 Å². The van der Waals surface area contributed by atoms with E-state index in [0.29, 0.717) is 6.54 Å². The van der Waals surface area contributed by atoms with E-state index in [1.54, 1.807) is 31.2 Å².